The summed E-state index contributed by atoms with van der Waals surface area (Å²) in [6.45, 7) is 2.63. The predicted octanol–water partition coefficient (Wildman–Crippen LogP) is 2.79. The molecule has 0 aliphatic rings. The van der Waals surface area contributed by atoms with E-state index in [4.69, 9.17) is 5.73 Å². The number of hydrogen-bond donors (Lipinski definition) is 1. The van der Waals surface area contributed by atoms with Crippen molar-refractivity contribution in [2.75, 3.05) is 6.54 Å². The fourth-order valence-electron chi connectivity index (χ4n) is 2.12. The lowest BCUT2D eigenvalue weighted by Crippen LogP contribution is -2.17. The zero-order valence-electron chi connectivity index (χ0n) is 10.6. The molecule has 1 aromatic heterocycles. The summed E-state index contributed by atoms with van der Waals surface area (Å²) in [5, 5.41) is 1.98. The van der Waals surface area contributed by atoms with Crippen LogP contribution >= 0.6 is 0 Å². The molecule has 1 atom stereocenters. The average molecular weight is 242 g/mol. The molecule has 3 heteroatoms. The number of pyridine rings is 1. The summed E-state index contributed by atoms with van der Waals surface area (Å²) in [6.07, 6.45) is 4.95. The first kappa shape index (κ1) is 12.7. The Morgan fingerprint density at radius 3 is 2.94 bits per heavy atom. The second kappa shape index (κ2) is 5.74. The maximum absolute atomic E-state index is 12.3. The van der Waals surface area contributed by atoms with E-state index in [1.165, 1.54) is 0 Å². The second-order valence-electron chi connectivity index (χ2n) is 4.54. The summed E-state index contributed by atoms with van der Waals surface area (Å²) >= 11 is 0. The van der Waals surface area contributed by atoms with E-state index in [-0.39, 0.29) is 11.7 Å². The van der Waals surface area contributed by atoms with Gasteiger partial charge in [-0.05, 0) is 23.9 Å². The lowest BCUT2D eigenvalue weighted by Gasteiger charge is -2.12. The molecule has 1 unspecified atom stereocenters. The van der Waals surface area contributed by atoms with Crippen molar-refractivity contribution in [1.29, 1.82) is 0 Å². The third kappa shape index (κ3) is 2.57. The van der Waals surface area contributed by atoms with Crippen molar-refractivity contribution in [3.05, 3.63) is 42.2 Å². The number of nitrogens with zero attached hydrogens (tertiary/aromatic N) is 1. The maximum Gasteiger partial charge on any atom is 0.163 e. The summed E-state index contributed by atoms with van der Waals surface area (Å²) in [4.78, 5) is 16.4. The minimum absolute atomic E-state index is 0.158. The number of ketones is 1. The Bertz CT molecular complexity index is 542. The van der Waals surface area contributed by atoms with Crippen LogP contribution in [0.2, 0.25) is 0 Å². The Hall–Kier alpha value is -1.74. The number of hydrogen-bond acceptors (Lipinski definition) is 3. The van der Waals surface area contributed by atoms with E-state index in [1.807, 2.05) is 24.3 Å². The van der Waals surface area contributed by atoms with Gasteiger partial charge in [-0.15, -0.1) is 0 Å². The number of Topliss-reactive ketones (excluding diaryl/α,β-unsaturated/α-hetero) is 1. The van der Waals surface area contributed by atoms with Gasteiger partial charge in [-0.3, -0.25) is 9.78 Å². The molecule has 0 saturated heterocycles. The highest BCUT2D eigenvalue weighted by Crippen LogP contribution is 2.20. The van der Waals surface area contributed by atoms with E-state index < -0.39 is 0 Å². The summed E-state index contributed by atoms with van der Waals surface area (Å²) in [5.41, 5.74) is 6.41. The van der Waals surface area contributed by atoms with Gasteiger partial charge in [-0.2, -0.15) is 0 Å². The quantitative estimate of drug-likeness (QED) is 0.820. The van der Waals surface area contributed by atoms with Gasteiger partial charge in [-0.25, -0.2) is 0 Å². The lowest BCUT2D eigenvalue weighted by atomic mass is 9.94. The molecule has 0 amide bonds. The third-order valence-corrected chi connectivity index (χ3v) is 3.37. The summed E-state index contributed by atoms with van der Waals surface area (Å²) < 4.78 is 0. The number of nitrogens with two attached hydrogens (primary N) is 1. The van der Waals surface area contributed by atoms with E-state index in [0.29, 0.717) is 13.0 Å². The highest BCUT2D eigenvalue weighted by molar-refractivity contribution is 6.07. The molecule has 1 heterocycles. The van der Waals surface area contributed by atoms with Crippen molar-refractivity contribution in [1.82, 2.24) is 4.98 Å². The Balaban J connectivity index is 2.33. The van der Waals surface area contributed by atoms with Crippen molar-refractivity contribution in [3.63, 3.8) is 0 Å². The van der Waals surface area contributed by atoms with E-state index in [0.717, 1.165) is 22.8 Å². The molecule has 0 aliphatic carbocycles. The number of fused-ring (bicyclic) bond motifs is 1. The molecule has 2 rings (SSSR count). The Kier molecular flexibility index (Phi) is 4.05. The molecule has 2 N–H and O–H groups in total. The minimum Gasteiger partial charge on any atom is -0.330 e. The van der Waals surface area contributed by atoms with Crippen LogP contribution in [0.25, 0.3) is 10.8 Å². The number of rotatable bonds is 5. The van der Waals surface area contributed by atoms with Gasteiger partial charge in [0.2, 0.25) is 0 Å². The normalized spacial score (nSPS) is 12.6. The number of carbonyl (C=O) groups excluding carboxylic acids is 1. The minimum atomic E-state index is 0.158. The Morgan fingerprint density at radius 2 is 2.22 bits per heavy atom. The first-order valence-corrected chi connectivity index (χ1v) is 6.32. The average Bonchev–Trinajstić information content (AvgIpc) is 2.43. The Morgan fingerprint density at radius 1 is 1.39 bits per heavy atom. The van der Waals surface area contributed by atoms with Crippen LogP contribution in [-0.2, 0) is 0 Å². The first-order valence-electron chi connectivity index (χ1n) is 6.32. The van der Waals surface area contributed by atoms with Gasteiger partial charge in [0.1, 0.15) is 0 Å². The summed E-state index contributed by atoms with van der Waals surface area (Å²) in [6, 6.07) is 7.70. The molecular weight excluding hydrogens is 224 g/mol. The number of carbonyl (C=O) groups is 1. The molecule has 0 bridgehead atoms. The largest absolute Gasteiger partial charge is 0.330 e. The van der Waals surface area contributed by atoms with Gasteiger partial charge in [0, 0.05) is 29.8 Å². The molecule has 0 aliphatic heterocycles. The van der Waals surface area contributed by atoms with Crippen LogP contribution < -0.4 is 5.73 Å². The van der Waals surface area contributed by atoms with Crippen LogP contribution in [0.5, 0.6) is 0 Å². The zero-order chi connectivity index (χ0) is 13.0. The monoisotopic (exact) mass is 242 g/mol. The standard InChI is InChI=1S/C15H18N2O/c1-2-11(9-16)8-15(18)13-5-3-4-12-6-7-17-10-14(12)13/h3-7,10-11H,2,8-9,16H2,1H3. The topological polar surface area (TPSA) is 56.0 Å². The molecule has 3 nitrogen and oxygen atoms in total. The fraction of sp³-hybridized carbons (Fsp3) is 0.333. The van der Waals surface area contributed by atoms with Gasteiger partial charge in [-0.1, -0.05) is 31.5 Å². The Labute approximate surface area is 107 Å². The molecule has 1 aromatic carbocycles. The van der Waals surface area contributed by atoms with Gasteiger partial charge < -0.3 is 5.73 Å². The zero-order valence-corrected chi connectivity index (χ0v) is 10.6. The SMILES string of the molecule is CCC(CN)CC(=O)c1cccc2ccncc12. The highest BCUT2D eigenvalue weighted by atomic mass is 16.1. The fourth-order valence-corrected chi connectivity index (χ4v) is 2.12. The molecule has 2 aromatic rings. The summed E-state index contributed by atoms with van der Waals surface area (Å²) in [5.74, 6) is 0.426. The van der Waals surface area contributed by atoms with Crippen LogP contribution in [0, 0.1) is 5.92 Å². The van der Waals surface area contributed by atoms with Gasteiger partial charge in [0.15, 0.2) is 5.78 Å². The smallest absolute Gasteiger partial charge is 0.163 e. The van der Waals surface area contributed by atoms with Crippen LogP contribution in [0.4, 0.5) is 0 Å². The van der Waals surface area contributed by atoms with Crippen molar-refractivity contribution >= 4 is 16.6 Å². The van der Waals surface area contributed by atoms with Gasteiger partial charge >= 0.3 is 0 Å². The van der Waals surface area contributed by atoms with Gasteiger partial charge in [0.05, 0.1) is 0 Å². The van der Waals surface area contributed by atoms with Crippen molar-refractivity contribution < 1.29 is 4.79 Å². The van der Waals surface area contributed by atoms with Crippen molar-refractivity contribution in [2.24, 2.45) is 11.7 Å². The lowest BCUT2D eigenvalue weighted by molar-refractivity contribution is 0.0963. The van der Waals surface area contributed by atoms with E-state index in [9.17, 15) is 4.79 Å². The molecule has 0 saturated carbocycles. The molecule has 0 spiro atoms. The number of benzene rings is 1. The summed E-state index contributed by atoms with van der Waals surface area (Å²) in [7, 11) is 0. The third-order valence-electron chi connectivity index (χ3n) is 3.37. The van der Waals surface area contributed by atoms with Gasteiger partial charge in [0.25, 0.3) is 0 Å². The van der Waals surface area contributed by atoms with E-state index in [1.54, 1.807) is 12.4 Å². The predicted molar refractivity (Wildman–Crippen MR) is 73.5 cm³/mol. The molecule has 18 heavy (non-hydrogen) atoms. The van der Waals surface area contributed by atoms with Crippen LogP contribution in [0.15, 0.2) is 36.7 Å². The molecular formula is C15H18N2O. The van der Waals surface area contributed by atoms with Crippen LogP contribution in [-0.4, -0.2) is 17.3 Å². The molecule has 94 valence electrons. The van der Waals surface area contributed by atoms with Crippen molar-refractivity contribution in [2.45, 2.75) is 19.8 Å². The molecule has 0 radical (unpaired) electrons. The van der Waals surface area contributed by atoms with Crippen LogP contribution in [0.1, 0.15) is 30.1 Å². The van der Waals surface area contributed by atoms with E-state index >= 15 is 0 Å². The van der Waals surface area contributed by atoms with E-state index in [2.05, 4.69) is 11.9 Å². The molecule has 0 fully saturated rings. The number of aromatic nitrogens is 1. The second-order valence-corrected chi connectivity index (χ2v) is 4.54. The highest BCUT2D eigenvalue weighted by Gasteiger charge is 2.14. The van der Waals surface area contributed by atoms with Crippen molar-refractivity contribution in [3.8, 4) is 0 Å². The van der Waals surface area contributed by atoms with Crippen LogP contribution in [0.3, 0.4) is 0 Å². The first-order chi connectivity index (χ1) is 8.76. The maximum atomic E-state index is 12.3.